The van der Waals surface area contributed by atoms with Crippen LogP contribution < -0.4 is 20.7 Å². The molecule has 2 amide bonds. The lowest BCUT2D eigenvalue weighted by atomic mass is 10.0. The first-order valence-corrected chi connectivity index (χ1v) is 16.3. The van der Waals surface area contributed by atoms with Crippen LogP contribution in [0.5, 0.6) is 5.75 Å². The van der Waals surface area contributed by atoms with Crippen LogP contribution in [0.3, 0.4) is 0 Å². The van der Waals surface area contributed by atoms with Crippen molar-refractivity contribution in [2.24, 2.45) is 0 Å². The fourth-order valence-electron chi connectivity index (χ4n) is 6.37. The summed E-state index contributed by atoms with van der Waals surface area (Å²) in [6.45, 7) is 8.63. The molecule has 44 heavy (non-hydrogen) atoms. The van der Waals surface area contributed by atoms with Crippen molar-refractivity contribution in [2.45, 2.75) is 57.7 Å². The van der Waals surface area contributed by atoms with Gasteiger partial charge in [0.15, 0.2) is 5.82 Å². The fourth-order valence-corrected chi connectivity index (χ4v) is 7.42. The minimum absolute atomic E-state index is 0.0621. The SMILES string of the molecule is COC(=O)N1CC=C(c2cc(N3CCC[C@@H](NC(=O)c4sc(Cl)cc4OC4CCN(C(C)C)CC4)C3)c3c(N)ncnn23)C1. The maximum absolute atomic E-state index is 13.6. The van der Waals surface area contributed by atoms with Gasteiger partial charge in [0.1, 0.15) is 28.6 Å². The number of hydrogen-bond donors (Lipinski definition) is 2. The van der Waals surface area contributed by atoms with Crippen LogP contribution in [-0.2, 0) is 4.74 Å². The van der Waals surface area contributed by atoms with Crippen LogP contribution >= 0.6 is 22.9 Å². The number of ether oxygens (including phenoxy) is 2. The van der Waals surface area contributed by atoms with E-state index >= 15 is 0 Å². The number of carbonyl (C=O) groups is 2. The van der Waals surface area contributed by atoms with E-state index in [1.807, 2.05) is 12.1 Å². The van der Waals surface area contributed by atoms with Crippen molar-refractivity contribution >= 4 is 57.5 Å². The molecular formula is C30H39ClN8O4S. The summed E-state index contributed by atoms with van der Waals surface area (Å²) in [7, 11) is 1.38. The van der Waals surface area contributed by atoms with Gasteiger partial charge in [-0.15, -0.1) is 11.3 Å². The zero-order valence-electron chi connectivity index (χ0n) is 25.3. The molecule has 0 bridgehead atoms. The van der Waals surface area contributed by atoms with Crippen molar-refractivity contribution in [1.29, 1.82) is 0 Å². The van der Waals surface area contributed by atoms with E-state index < -0.39 is 0 Å². The summed E-state index contributed by atoms with van der Waals surface area (Å²) in [6.07, 6.45) is 6.68. The predicted molar refractivity (Wildman–Crippen MR) is 172 cm³/mol. The van der Waals surface area contributed by atoms with Crippen molar-refractivity contribution in [3.8, 4) is 5.75 Å². The number of likely N-dealkylation sites (tertiary alicyclic amines) is 1. The van der Waals surface area contributed by atoms with Crippen LogP contribution in [0.1, 0.15) is 54.9 Å². The highest BCUT2D eigenvalue weighted by Crippen LogP contribution is 2.37. The Morgan fingerprint density at radius 3 is 2.73 bits per heavy atom. The van der Waals surface area contributed by atoms with E-state index in [1.54, 1.807) is 15.5 Å². The summed E-state index contributed by atoms with van der Waals surface area (Å²) in [5.41, 5.74) is 9.78. The number of methoxy groups -OCH3 is 1. The van der Waals surface area contributed by atoms with Crippen molar-refractivity contribution in [2.75, 3.05) is 57.0 Å². The maximum Gasteiger partial charge on any atom is 0.410 e. The quantitative estimate of drug-likeness (QED) is 0.390. The van der Waals surface area contributed by atoms with Crippen LogP contribution in [0, 0.1) is 0 Å². The molecule has 3 aromatic heterocycles. The van der Waals surface area contributed by atoms with Gasteiger partial charge in [0.2, 0.25) is 0 Å². The summed E-state index contributed by atoms with van der Waals surface area (Å²) in [5, 5.41) is 7.74. The van der Waals surface area contributed by atoms with E-state index in [-0.39, 0.29) is 24.1 Å². The second-order valence-electron chi connectivity index (χ2n) is 11.8. The zero-order valence-corrected chi connectivity index (χ0v) is 26.9. The molecule has 236 valence electrons. The molecule has 0 spiro atoms. The van der Waals surface area contributed by atoms with E-state index in [4.69, 9.17) is 26.8 Å². The van der Waals surface area contributed by atoms with Gasteiger partial charge >= 0.3 is 6.09 Å². The number of nitrogens with zero attached hydrogens (tertiary/aromatic N) is 6. The molecule has 12 nitrogen and oxygen atoms in total. The Balaban J connectivity index is 1.16. The van der Waals surface area contributed by atoms with Gasteiger partial charge in [-0.3, -0.25) is 4.79 Å². The van der Waals surface area contributed by atoms with Crippen molar-refractivity contribution in [3.63, 3.8) is 0 Å². The van der Waals surface area contributed by atoms with Gasteiger partial charge in [-0.25, -0.2) is 14.3 Å². The summed E-state index contributed by atoms with van der Waals surface area (Å²) in [6, 6.07) is 4.23. The molecule has 1 atom stereocenters. The summed E-state index contributed by atoms with van der Waals surface area (Å²) < 4.78 is 13.6. The average Bonchev–Trinajstić information content (AvgIpc) is 3.75. The Labute approximate surface area is 265 Å². The number of nitrogen functional groups attached to an aromatic ring is 1. The summed E-state index contributed by atoms with van der Waals surface area (Å²) in [5.74, 6) is 0.754. The molecular weight excluding hydrogens is 604 g/mol. The molecule has 0 unspecified atom stereocenters. The molecule has 3 aliphatic rings. The number of nitrogens with two attached hydrogens (primary N) is 1. The molecule has 0 saturated carbocycles. The smallest absolute Gasteiger partial charge is 0.410 e. The van der Waals surface area contributed by atoms with Gasteiger partial charge in [-0.1, -0.05) is 17.7 Å². The Morgan fingerprint density at radius 1 is 1.18 bits per heavy atom. The third-order valence-corrected chi connectivity index (χ3v) is 9.96. The minimum Gasteiger partial charge on any atom is -0.489 e. The Kier molecular flexibility index (Phi) is 8.88. The molecule has 2 saturated heterocycles. The van der Waals surface area contributed by atoms with Crippen LogP contribution in [0.2, 0.25) is 4.34 Å². The zero-order chi connectivity index (χ0) is 31.0. The Hall–Kier alpha value is -3.55. The normalized spacial score (nSPS) is 19.9. The van der Waals surface area contributed by atoms with Crippen molar-refractivity contribution in [1.82, 2.24) is 29.7 Å². The summed E-state index contributed by atoms with van der Waals surface area (Å²) >= 11 is 7.63. The largest absolute Gasteiger partial charge is 0.489 e. The Morgan fingerprint density at radius 2 is 1.98 bits per heavy atom. The van der Waals surface area contributed by atoms with Crippen LogP contribution in [0.4, 0.5) is 16.3 Å². The van der Waals surface area contributed by atoms with E-state index in [0.29, 0.717) is 52.0 Å². The first kappa shape index (κ1) is 30.5. The molecule has 0 aromatic carbocycles. The number of thiophene rings is 1. The third-order valence-electron chi connectivity index (χ3n) is 8.72. The lowest BCUT2D eigenvalue weighted by Gasteiger charge is -2.35. The molecule has 6 heterocycles. The number of rotatable bonds is 7. The van der Waals surface area contributed by atoms with E-state index in [9.17, 15) is 9.59 Å². The standard InChI is InChI=1S/C30H39ClN8O4S/c1-18(2)36-11-7-21(8-12-36)43-24-14-25(31)44-27(24)29(40)35-20-5-4-9-37(16-20)23-13-22(39-26(23)28(32)33-17-34-39)19-6-10-38(15-19)30(41)42-3/h6,13-14,17-18,20-21H,4-5,7-12,15-16H2,1-3H3,(H,35,40)(H2,32,33,34)/t20-/m1/s1. The van der Waals surface area contributed by atoms with Crippen LogP contribution in [-0.4, -0.2) is 101 Å². The van der Waals surface area contributed by atoms with Gasteiger partial charge < -0.3 is 35.2 Å². The second-order valence-corrected chi connectivity index (χ2v) is 13.5. The number of piperidine rings is 2. The van der Waals surface area contributed by atoms with E-state index in [1.165, 1.54) is 24.8 Å². The predicted octanol–water partition coefficient (Wildman–Crippen LogP) is 4.14. The fraction of sp³-hybridized carbons (Fsp3) is 0.533. The molecule has 3 N–H and O–H groups in total. The number of carbonyl (C=O) groups excluding carboxylic acids is 2. The number of fused-ring (bicyclic) bond motifs is 1. The van der Waals surface area contributed by atoms with Crippen molar-refractivity contribution < 1.29 is 19.1 Å². The lowest BCUT2D eigenvalue weighted by molar-refractivity contribution is 0.0817. The molecule has 14 heteroatoms. The number of hydrogen-bond acceptors (Lipinski definition) is 10. The van der Waals surface area contributed by atoms with Crippen molar-refractivity contribution in [3.05, 3.63) is 39.4 Å². The second kappa shape index (κ2) is 12.8. The number of halogens is 1. The van der Waals surface area contributed by atoms with Gasteiger partial charge in [-0.2, -0.15) is 5.10 Å². The molecule has 0 radical (unpaired) electrons. The molecule has 3 aromatic rings. The molecule has 2 fully saturated rings. The molecule has 6 rings (SSSR count). The van der Waals surface area contributed by atoms with Gasteiger partial charge in [0, 0.05) is 50.9 Å². The first-order valence-electron chi connectivity index (χ1n) is 15.1. The van der Waals surface area contributed by atoms with E-state index in [0.717, 1.165) is 62.3 Å². The third kappa shape index (κ3) is 6.18. The topological polar surface area (TPSA) is 131 Å². The monoisotopic (exact) mass is 642 g/mol. The number of aromatic nitrogens is 3. The van der Waals surface area contributed by atoms with E-state index in [2.05, 4.69) is 39.0 Å². The van der Waals surface area contributed by atoms with Crippen LogP contribution in [0.15, 0.2) is 24.5 Å². The lowest BCUT2D eigenvalue weighted by Crippen LogP contribution is -2.47. The van der Waals surface area contributed by atoms with Crippen LogP contribution in [0.25, 0.3) is 11.1 Å². The highest BCUT2D eigenvalue weighted by molar-refractivity contribution is 7.18. The summed E-state index contributed by atoms with van der Waals surface area (Å²) in [4.78, 5) is 36.7. The highest BCUT2D eigenvalue weighted by Gasteiger charge is 2.31. The number of nitrogens with one attached hydrogen (secondary N) is 1. The highest BCUT2D eigenvalue weighted by atomic mass is 35.5. The van der Waals surface area contributed by atoms with Gasteiger partial charge in [0.05, 0.1) is 29.4 Å². The Bertz CT molecular complexity index is 1560. The first-order chi connectivity index (χ1) is 21.2. The maximum atomic E-state index is 13.6. The molecule has 0 aliphatic carbocycles. The molecule has 3 aliphatic heterocycles. The minimum atomic E-state index is -0.377. The van der Waals surface area contributed by atoms with Gasteiger partial charge in [0.25, 0.3) is 5.91 Å². The number of anilines is 2. The number of amides is 2. The average molecular weight is 643 g/mol. The van der Waals surface area contributed by atoms with Gasteiger partial charge in [-0.05, 0) is 51.2 Å².